The number of benzene rings is 1. The van der Waals surface area contributed by atoms with Crippen LogP contribution < -0.4 is 10.1 Å². The maximum absolute atomic E-state index is 12.9. The van der Waals surface area contributed by atoms with Crippen molar-refractivity contribution in [2.75, 3.05) is 5.32 Å². The maximum Gasteiger partial charge on any atom is 0.494 e. The van der Waals surface area contributed by atoms with Crippen molar-refractivity contribution in [1.29, 1.82) is 0 Å². The SMILES string of the molecule is O=C(O)C1(c2ccc3c(c2)NC(F)(F)O3)CC1. The first-order valence-corrected chi connectivity index (χ1v) is 5.16. The van der Waals surface area contributed by atoms with Gasteiger partial charge in [0, 0.05) is 0 Å². The van der Waals surface area contributed by atoms with Gasteiger partial charge < -0.3 is 9.84 Å². The van der Waals surface area contributed by atoms with Crippen molar-refractivity contribution >= 4 is 11.7 Å². The molecule has 1 aliphatic carbocycles. The Labute approximate surface area is 95.2 Å². The number of ether oxygens (including phenoxy) is 1. The highest BCUT2D eigenvalue weighted by Crippen LogP contribution is 2.51. The first-order valence-electron chi connectivity index (χ1n) is 5.16. The molecular weight excluding hydrogens is 232 g/mol. The summed E-state index contributed by atoms with van der Waals surface area (Å²) in [6.45, 7) is 0. The molecule has 90 valence electrons. The lowest BCUT2D eigenvalue weighted by Gasteiger charge is -2.10. The Morgan fingerprint density at radius 1 is 1.41 bits per heavy atom. The van der Waals surface area contributed by atoms with E-state index in [4.69, 9.17) is 5.11 Å². The number of halogens is 2. The summed E-state index contributed by atoms with van der Waals surface area (Å²) < 4.78 is 30.1. The van der Waals surface area contributed by atoms with E-state index in [1.807, 2.05) is 5.32 Å². The Hall–Kier alpha value is -1.85. The minimum Gasteiger partial charge on any atom is -0.481 e. The van der Waals surface area contributed by atoms with Crippen LogP contribution in [0.3, 0.4) is 0 Å². The number of carboxylic acids is 1. The van der Waals surface area contributed by atoms with Crippen molar-refractivity contribution in [3.8, 4) is 5.75 Å². The molecule has 4 nitrogen and oxygen atoms in total. The number of aliphatic carboxylic acids is 1. The molecule has 0 atom stereocenters. The molecule has 0 aromatic heterocycles. The fourth-order valence-corrected chi connectivity index (χ4v) is 2.09. The molecular formula is C11H9F2NO3. The summed E-state index contributed by atoms with van der Waals surface area (Å²) in [5.41, 5.74) is -0.216. The molecule has 3 rings (SSSR count). The molecule has 0 saturated heterocycles. The third kappa shape index (κ3) is 1.44. The lowest BCUT2D eigenvalue weighted by molar-refractivity contribution is -0.140. The summed E-state index contributed by atoms with van der Waals surface area (Å²) >= 11 is 0. The van der Waals surface area contributed by atoms with Crippen molar-refractivity contribution in [2.45, 2.75) is 24.5 Å². The highest BCUT2D eigenvalue weighted by Gasteiger charge is 2.52. The number of carbonyl (C=O) groups is 1. The quantitative estimate of drug-likeness (QED) is 0.779. The summed E-state index contributed by atoms with van der Waals surface area (Å²) in [4.78, 5) is 11.1. The normalized spacial score (nSPS) is 22.2. The second-order valence-electron chi connectivity index (χ2n) is 4.34. The second-order valence-corrected chi connectivity index (χ2v) is 4.34. The molecule has 1 aromatic rings. The zero-order valence-electron chi connectivity index (χ0n) is 8.67. The lowest BCUT2D eigenvalue weighted by atomic mass is 9.95. The van der Waals surface area contributed by atoms with Crippen LogP contribution in [0.2, 0.25) is 0 Å². The maximum atomic E-state index is 12.9. The molecule has 1 saturated carbocycles. The van der Waals surface area contributed by atoms with Crippen LogP contribution in [0, 0.1) is 0 Å². The number of anilines is 1. The van der Waals surface area contributed by atoms with E-state index < -0.39 is 17.6 Å². The molecule has 1 aliphatic heterocycles. The van der Waals surface area contributed by atoms with Gasteiger partial charge >= 0.3 is 12.2 Å². The van der Waals surface area contributed by atoms with E-state index in [1.54, 1.807) is 0 Å². The van der Waals surface area contributed by atoms with Gasteiger partial charge in [-0.25, -0.2) is 0 Å². The number of hydrogen-bond acceptors (Lipinski definition) is 3. The zero-order valence-corrected chi connectivity index (χ0v) is 8.67. The minimum absolute atomic E-state index is 0.0416. The van der Waals surface area contributed by atoms with Crippen LogP contribution in [0.5, 0.6) is 5.75 Å². The van der Waals surface area contributed by atoms with Crippen LogP contribution in [0.15, 0.2) is 18.2 Å². The van der Waals surface area contributed by atoms with E-state index in [0.29, 0.717) is 18.4 Å². The summed E-state index contributed by atoms with van der Waals surface area (Å²) in [5.74, 6) is -0.872. The molecule has 17 heavy (non-hydrogen) atoms. The van der Waals surface area contributed by atoms with Gasteiger partial charge in [0.15, 0.2) is 5.75 Å². The average Bonchev–Trinajstić information content (AvgIpc) is 2.95. The summed E-state index contributed by atoms with van der Waals surface area (Å²) in [6.07, 6.45) is -2.34. The Kier molecular flexibility index (Phi) is 1.75. The fourth-order valence-electron chi connectivity index (χ4n) is 2.09. The third-order valence-corrected chi connectivity index (χ3v) is 3.21. The Morgan fingerprint density at radius 3 is 2.71 bits per heavy atom. The van der Waals surface area contributed by atoms with E-state index in [-0.39, 0.29) is 11.4 Å². The first kappa shape index (κ1) is 10.3. The van der Waals surface area contributed by atoms with E-state index >= 15 is 0 Å². The monoisotopic (exact) mass is 241 g/mol. The Balaban J connectivity index is 1.99. The van der Waals surface area contributed by atoms with Gasteiger partial charge in [-0.3, -0.25) is 10.1 Å². The first-order chi connectivity index (χ1) is 7.93. The van der Waals surface area contributed by atoms with Crippen LogP contribution in [0.25, 0.3) is 0 Å². The largest absolute Gasteiger partial charge is 0.494 e. The molecule has 0 spiro atoms. The van der Waals surface area contributed by atoms with E-state index in [1.165, 1.54) is 18.2 Å². The third-order valence-electron chi connectivity index (χ3n) is 3.21. The fraction of sp³-hybridized carbons (Fsp3) is 0.364. The highest BCUT2D eigenvalue weighted by atomic mass is 19.3. The zero-order chi connectivity index (χ0) is 12.3. The molecule has 6 heteroatoms. The molecule has 0 radical (unpaired) electrons. The Morgan fingerprint density at radius 2 is 2.12 bits per heavy atom. The molecule has 1 heterocycles. The van der Waals surface area contributed by atoms with Gasteiger partial charge in [-0.1, -0.05) is 6.07 Å². The van der Waals surface area contributed by atoms with Gasteiger partial charge in [0.1, 0.15) is 0 Å². The topological polar surface area (TPSA) is 58.6 Å². The Bertz CT molecular complexity index is 511. The van der Waals surface area contributed by atoms with E-state index in [2.05, 4.69) is 4.74 Å². The molecule has 0 amide bonds. The molecule has 2 N–H and O–H groups in total. The molecule has 2 aliphatic rings. The van der Waals surface area contributed by atoms with E-state index in [0.717, 1.165) is 0 Å². The van der Waals surface area contributed by atoms with Gasteiger partial charge in [0.05, 0.1) is 11.1 Å². The van der Waals surface area contributed by atoms with Crippen LogP contribution in [-0.2, 0) is 10.2 Å². The van der Waals surface area contributed by atoms with E-state index in [9.17, 15) is 13.6 Å². The molecule has 0 unspecified atom stereocenters. The summed E-state index contributed by atoms with van der Waals surface area (Å²) in [6, 6.07) is 4.34. The van der Waals surface area contributed by atoms with Crippen molar-refractivity contribution in [1.82, 2.24) is 0 Å². The van der Waals surface area contributed by atoms with Gasteiger partial charge in [-0.15, -0.1) is 8.78 Å². The number of nitrogens with one attached hydrogen (secondary N) is 1. The van der Waals surface area contributed by atoms with Gasteiger partial charge in [-0.2, -0.15) is 0 Å². The average molecular weight is 241 g/mol. The van der Waals surface area contributed by atoms with Crippen molar-refractivity contribution in [2.24, 2.45) is 0 Å². The summed E-state index contributed by atoms with van der Waals surface area (Å²) in [5, 5.41) is 11.0. The molecule has 1 fully saturated rings. The number of hydrogen-bond donors (Lipinski definition) is 2. The number of fused-ring (bicyclic) bond motifs is 1. The predicted octanol–water partition coefficient (Wildman–Crippen LogP) is 2.16. The number of carboxylic acid groups (broad SMARTS) is 1. The predicted molar refractivity (Wildman–Crippen MR) is 54.2 cm³/mol. The van der Waals surface area contributed by atoms with Crippen LogP contribution >= 0.6 is 0 Å². The minimum atomic E-state index is -3.42. The van der Waals surface area contributed by atoms with Crippen LogP contribution in [-0.4, -0.2) is 17.3 Å². The van der Waals surface area contributed by atoms with Gasteiger partial charge in [0.25, 0.3) is 0 Å². The second kappa shape index (κ2) is 2.88. The van der Waals surface area contributed by atoms with Gasteiger partial charge in [0.2, 0.25) is 0 Å². The van der Waals surface area contributed by atoms with Crippen LogP contribution in [0.4, 0.5) is 14.5 Å². The number of alkyl halides is 2. The van der Waals surface area contributed by atoms with Crippen LogP contribution in [0.1, 0.15) is 18.4 Å². The summed E-state index contributed by atoms with van der Waals surface area (Å²) in [7, 11) is 0. The van der Waals surface area contributed by atoms with Crippen molar-refractivity contribution in [3.63, 3.8) is 0 Å². The molecule has 0 bridgehead atoms. The highest BCUT2D eigenvalue weighted by molar-refractivity contribution is 5.85. The standard InChI is InChI=1S/C11H9F2NO3/c12-11(13)14-7-5-6(1-2-8(7)17-11)10(3-4-10)9(15)16/h1-2,5,14H,3-4H2,(H,15,16). The smallest absolute Gasteiger partial charge is 0.481 e. The van der Waals surface area contributed by atoms with Crippen molar-refractivity contribution in [3.05, 3.63) is 23.8 Å². The molecule has 1 aromatic carbocycles. The lowest BCUT2D eigenvalue weighted by Crippen LogP contribution is -2.28. The number of rotatable bonds is 2. The van der Waals surface area contributed by atoms with Gasteiger partial charge in [-0.05, 0) is 30.5 Å². The van der Waals surface area contributed by atoms with Crippen molar-refractivity contribution < 1.29 is 23.4 Å².